The number of benzene rings is 2. The Hall–Kier alpha value is -2.01. The summed E-state index contributed by atoms with van der Waals surface area (Å²) in [5, 5.41) is 0. The molecule has 0 fully saturated rings. The molecule has 2 rings (SSSR count). The van der Waals surface area contributed by atoms with Crippen LogP contribution in [0.25, 0.3) is 0 Å². The first-order valence-corrected chi connectivity index (χ1v) is 7.69. The van der Waals surface area contributed by atoms with Gasteiger partial charge in [0.25, 0.3) is 0 Å². The van der Waals surface area contributed by atoms with Crippen molar-refractivity contribution in [3.05, 3.63) is 59.2 Å². The Morgan fingerprint density at radius 2 is 1.86 bits per heavy atom. The van der Waals surface area contributed by atoms with Gasteiger partial charge < -0.3 is 9.47 Å². The van der Waals surface area contributed by atoms with Crippen LogP contribution in [-0.2, 0) is 17.2 Å². The summed E-state index contributed by atoms with van der Waals surface area (Å²) in [6.45, 7) is -0.563. The summed E-state index contributed by atoms with van der Waals surface area (Å²) in [4.78, 5) is 12.3. The minimum atomic E-state index is -0.563. The highest BCUT2D eigenvalue weighted by Crippen LogP contribution is 2.29. The number of alkyl halides is 1. The summed E-state index contributed by atoms with van der Waals surface area (Å²) in [6, 6.07) is 12.6. The Morgan fingerprint density at radius 3 is 2.45 bits per heavy atom. The first kappa shape index (κ1) is 16.4. The second kappa shape index (κ2) is 7.84. The zero-order valence-corrected chi connectivity index (χ0v) is 13.3. The van der Waals surface area contributed by atoms with E-state index in [2.05, 4.69) is 0 Å². The average molecular weight is 320 g/mol. The molecule has 2 aromatic carbocycles. The van der Waals surface area contributed by atoms with Gasteiger partial charge in [-0.1, -0.05) is 18.2 Å². The van der Waals surface area contributed by atoms with Gasteiger partial charge in [-0.3, -0.25) is 0 Å². The van der Waals surface area contributed by atoms with Gasteiger partial charge in [-0.2, -0.15) is 0 Å². The fourth-order valence-electron chi connectivity index (χ4n) is 1.93. The summed E-state index contributed by atoms with van der Waals surface area (Å²) < 4.78 is 22.9. The van der Waals surface area contributed by atoms with E-state index in [1.807, 2.05) is 24.3 Å². The molecule has 5 heteroatoms. The number of halogens is 1. The van der Waals surface area contributed by atoms with Gasteiger partial charge in [-0.05, 0) is 35.4 Å². The van der Waals surface area contributed by atoms with E-state index >= 15 is 0 Å². The Bertz CT molecular complexity index is 641. The van der Waals surface area contributed by atoms with Crippen LogP contribution < -0.4 is 4.74 Å². The molecule has 116 valence electrons. The number of hydrogen-bond donors (Lipinski definition) is 0. The summed E-state index contributed by atoms with van der Waals surface area (Å²) in [7, 11) is 2.95. The van der Waals surface area contributed by atoms with Crippen LogP contribution in [0.4, 0.5) is 4.39 Å². The van der Waals surface area contributed by atoms with E-state index in [0.29, 0.717) is 16.9 Å². The van der Waals surface area contributed by atoms with Gasteiger partial charge in [0.1, 0.15) is 12.4 Å². The van der Waals surface area contributed by atoms with Crippen molar-refractivity contribution in [1.29, 1.82) is 0 Å². The quantitative estimate of drug-likeness (QED) is 0.589. The van der Waals surface area contributed by atoms with Gasteiger partial charge in [0.05, 0.1) is 19.8 Å². The molecule has 0 heterocycles. The largest absolute Gasteiger partial charge is 0.497 e. The van der Waals surface area contributed by atoms with Crippen LogP contribution in [0.5, 0.6) is 5.75 Å². The van der Waals surface area contributed by atoms with Gasteiger partial charge in [0.15, 0.2) is 0 Å². The number of carbonyl (C=O) groups is 1. The van der Waals surface area contributed by atoms with Crippen LogP contribution in [0.3, 0.4) is 0 Å². The smallest absolute Gasteiger partial charge is 0.337 e. The Balaban J connectivity index is 2.14. The monoisotopic (exact) mass is 320 g/mol. The number of rotatable bonds is 6. The second-order valence-electron chi connectivity index (χ2n) is 4.58. The first-order chi connectivity index (χ1) is 10.7. The number of hydrogen-bond acceptors (Lipinski definition) is 4. The topological polar surface area (TPSA) is 35.5 Å². The number of carbonyl (C=O) groups excluding carboxylic acids is 1. The molecule has 0 saturated heterocycles. The maximum atomic E-state index is 13.1. The van der Waals surface area contributed by atoms with Crippen LogP contribution in [0.15, 0.2) is 47.4 Å². The van der Waals surface area contributed by atoms with E-state index in [1.54, 1.807) is 25.3 Å². The molecule has 0 saturated carbocycles. The van der Waals surface area contributed by atoms with Gasteiger partial charge >= 0.3 is 5.97 Å². The highest BCUT2D eigenvalue weighted by molar-refractivity contribution is 7.98. The molecule has 0 aliphatic carbocycles. The molecule has 0 aliphatic rings. The SMILES string of the molecule is COC(=O)c1ccc(CF)c(SCc2ccc(OC)cc2)c1. The molecular weight excluding hydrogens is 303 g/mol. The van der Waals surface area contributed by atoms with E-state index < -0.39 is 12.6 Å². The van der Waals surface area contributed by atoms with E-state index in [9.17, 15) is 9.18 Å². The van der Waals surface area contributed by atoms with E-state index in [-0.39, 0.29) is 0 Å². The highest BCUT2D eigenvalue weighted by Gasteiger charge is 2.10. The maximum Gasteiger partial charge on any atom is 0.337 e. The lowest BCUT2D eigenvalue weighted by atomic mass is 10.1. The van der Waals surface area contributed by atoms with Crippen LogP contribution in [0.1, 0.15) is 21.5 Å². The summed E-state index contributed by atoms with van der Waals surface area (Å²) >= 11 is 1.49. The fraction of sp³-hybridized carbons (Fsp3) is 0.235. The van der Waals surface area contributed by atoms with E-state index in [4.69, 9.17) is 9.47 Å². The number of ether oxygens (including phenoxy) is 2. The van der Waals surface area contributed by atoms with Crippen LogP contribution in [-0.4, -0.2) is 20.2 Å². The number of methoxy groups -OCH3 is 2. The predicted octanol–water partition coefficient (Wildman–Crippen LogP) is 4.24. The molecule has 0 spiro atoms. The first-order valence-electron chi connectivity index (χ1n) is 6.71. The van der Waals surface area contributed by atoms with Crippen molar-refractivity contribution in [2.75, 3.05) is 14.2 Å². The van der Waals surface area contributed by atoms with Gasteiger partial charge in [0, 0.05) is 10.6 Å². The third-order valence-electron chi connectivity index (χ3n) is 3.19. The van der Waals surface area contributed by atoms with Crippen molar-refractivity contribution in [2.24, 2.45) is 0 Å². The minimum Gasteiger partial charge on any atom is -0.497 e. The van der Waals surface area contributed by atoms with Gasteiger partial charge in [-0.15, -0.1) is 11.8 Å². The summed E-state index contributed by atoms with van der Waals surface area (Å²) in [6.07, 6.45) is 0. The normalized spacial score (nSPS) is 10.3. The lowest BCUT2D eigenvalue weighted by molar-refractivity contribution is 0.0600. The molecule has 0 radical (unpaired) electrons. The van der Waals surface area contributed by atoms with Crippen molar-refractivity contribution in [3.63, 3.8) is 0 Å². The molecule has 0 aromatic heterocycles. The Morgan fingerprint density at radius 1 is 1.14 bits per heavy atom. The molecular formula is C17H17FO3S. The lowest BCUT2D eigenvalue weighted by Crippen LogP contribution is -2.02. The summed E-state index contributed by atoms with van der Waals surface area (Å²) in [5.41, 5.74) is 2.10. The maximum absolute atomic E-state index is 13.1. The van der Waals surface area contributed by atoms with Crippen molar-refractivity contribution in [3.8, 4) is 5.75 Å². The van der Waals surface area contributed by atoms with Crippen LogP contribution in [0, 0.1) is 0 Å². The molecule has 0 aliphatic heterocycles. The molecule has 0 bridgehead atoms. The standard InChI is InChI=1S/C17H17FO3S/c1-20-15-7-3-12(4-8-15)11-22-16-9-13(17(19)21-2)5-6-14(16)10-18/h3-9H,10-11H2,1-2H3. The van der Waals surface area contributed by atoms with Gasteiger partial charge in [0.2, 0.25) is 0 Å². The molecule has 0 N–H and O–H groups in total. The third-order valence-corrected chi connectivity index (χ3v) is 4.35. The van der Waals surface area contributed by atoms with Crippen LogP contribution >= 0.6 is 11.8 Å². The van der Waals surface area contributed by atoms with E-state index in [0.717, 1.165) is 16.2 Å². The predicted molar refractivity (Wildman–Crippen MR) is 85.1 cm³/mol. The molecule has 2 aromatic rings. The molecule has 3 nitrogen and oxygen atoms in total. The average Bonchev–Trinajstić information content (AvgIpc) is 2.59. The van der Waals surface area contributed by atoms with E-state index in [1.165, 1.54) is 18.9 Å². The third kappa shape index (κ3) is 4.01. The Labute approximate surface area is 133 Å². The fourth-order valence-corrected chi connectivity index (χ4v) is 2.96. The minimum absolute atomic E-state index is 0.420. The molecule has 22 heavy (non-hydrogen) atoms. The van der Waals surface area contributed by atoms with Crippen molar-refractivity contribution < 1.29 is 18.7 Å². The Kier molecular flexibility index (Phi) is 5.83. The van der Waals surface area contributed by atoms with Gasteiger partial charge in [-0.25, -0.2) is 9.18 Å². The van der Waals surface area contributed by atoms with Crippen molar-refractivity contribution >= 4 is 17.7 Å². The summed E-state index contributed by atoms with van der Waals surface area (Å²) in [5.74, 6) is 1.06. The highest BCUT2D eigenvalue weighted by atomic mass is 32.2. The van der Waals surface area contributed by atoms with Crippen molar-refractivity contribution in [2.45, 2.75) is 17.3 Å². The zero-order chi connectivity index (χ0) is 15.9. The number of thioether (sulfide) groups is 1. The lowest BCUT2D eigenvalue weighted by Gasteiger charge is -2.09. The molecule has 0 unspecified atom stereocenters. The number of esters is 1. The second-order valence-corrected chi connectivity index (χ2v) is 5.60. The molecule has 0 atom stereocenters. The molecule has 0 amide bonds. The van der Waals surface area contributed by atoms with Crippen LogP contribution in [0.2, 0.25) is 0 Å². The van der Waals surface area contributed by atoms with Crippen molar-refractivity contribution in [1.82, 2.24) is 0 Å². The zero-order valence-electron chi connectivity index (χ0n) is 12.5.